The lowest BCUT2D eigenvalue weighted by Gasteiger charge is -2.16. The Morgan fingerprint density at radius 3 is 2.64 bits per heavy atom. The second kappa shape index (κ2) is 8.18. The quantitative estimate of drug-likeness (QED) is 0.694. The fraction of sp³-hybridized carbons (Fsp3) is 0.474. The highest BCUT2D eigenvalue weighted by atomic mass is 32.2. The minimum Gasteiger partial charge on any atom is -0.506 e. The number of amides is 1. The third-order valence-corrected chi connectivity index (χ3v) is 7.62. The predicted molar refractivity (Wildman–Crippen MR) is 109 cm³/mol. The topological polar surface area (TPSA) is 99.6 Å². The Morgan fingerprint density at radius 1 is 1.32 bits per heavy atom. The van der Waals surface area contributed by atoms with Gasteiger partial charge in [0.2, 0.25) is 10.0 Å². The largest absolute Gasteiger partial charge is 0.506 e. The van der Waals surface area contributed by atoms with Gasteiger partial charge in [-0.3, -0.25) is 4.79 Å². The molecule has 3 rings (SSSR count). The summed E-state index contributed by atoms with van der Waals surface area (Å²) in [4.78, 5) is 17.6. The molecule has 0 spiro atoms. The van der Waals surface area contributed by atoms with E-state index < -0.39 is 15.9 Å². The van der Waals surface area contributed by atoms with Gasteiger partial charge in [0.25, 0.3) is 5.91 Å². The van der Waals surface area contributed by atoms with Gasteiger partial charge in [-0.1, -0.05) is 13.8 Å². The van der Waals surface area contributed by atoms with Crippen molar-refractivity contribution in [1.29, 1.82) is 0 Å². The zero-order chi connectivity index (χ0) is 20.5. The summed E-state index contributed by atoms with van der Waals surface area (Å²) in [6.07, 6.45) is 2.46. The van der Waals surface area contributed by atoms with Crippen LogP contribution in [0.15, 0.2) is 23.1 Å². The fourth-order valence-corrected chi connectivity index (χ4v) is 5.85. The van der Waals surface area contributed by atoms with Gasteiger partial charge < -0.3 is 10.4 Å². The van der Waals surface area contributed by atoms with Crippen molar-refractivity contribution in [3.05, 3.63) is 33.8 Å². The molecule has 7 nitrogen and oxygen atoms in total. The number of nitrogens with zero attached hydrogens (tertiary/aromatic N) is 2. The average Bonchev–Trinajstić information content (AvgIpc) is 3.26. The fourth-order valence-electron chi connectivity index (χ4n) is 3.13. The van der Waals surface area contributed by atoms with Crippen LogP contribution in [0.2, 0.25) is 0 Å². The molecule has 0 aliphatic carbocycles. The molecule has 1 aliphatic rings. The molecule has 9 heteroatoms. The lowest BCUT2D eigenvalue weighted by atomic mass is 10.1. The minimum absolute atomic E-state index is 0.0593. The molecule has 152 valence electrons. The summed E-state index contributed by atoms with van der Waals surface area (Å²) < 4.78 is 26.9. The first kappa shape index (κ1) is 20.8. The van der Waals surface area contributed by atoms with E-state index in [4.69, 9.17) is 0 Å². The third-order valence-electron chi connectivity index (χ3n) is 4.55. The third kappa shape index (κ3) is 4.37. The summed E-state index contributed by atoms with van der Waals surface area (Å²) >= 11 is 1.32. The number of sulfonamides is 1. The van der Waals surface area contributed by atoms with Gasteiger partial charge in [0, 0.05) is 19.5 Å². The van der Waals surface area contributed by atoms with Crippen LogP contribution in [0.5, 0.6) is 5.75 Å². The van der Waals surface area contributed by atoms with E-state index in [1.165, 1.54) is 33.8 Å². The van der Waals surface area contributed by atoms with E-state index in [2.05, 4.69) is 24.1 Å². The summed E-state index contributed by atoms with van der Waals surface area (Å²) in [5, 5.41) is 13.6. The first-order chi connectivity index (χ1) is 13.2. The van der Waals surface area contributed by atoms with E-state index in [-0.39, 0.29) is 16.3 Å². The Bertz CT molecular complexity index is 977. The number of aromatic nitrogens is 1. The van der Waals surface area contributed by atoms with Crippen LogP contribution in [0.3, 0.4) is 0 Å². The molecular formula is C19H25N3O4S2. The van der Waals surface area contributed by atoms with Gasteiger partial charge in [0.1, 0.15) is 10.6 Å². The number of anilines is 1. The molecule has 1 aromatic carbocycles. The second-order valence-electron chi connectivity index (χ2n) is 7.36. The first-order valence-electron chi connectivity index (χ1n) is 9.29. The monoisotopic (exact) mass is 423 g/mol. The number of nitrogens with one attached hydrogen (secondary N) is 1. The molecule has 1 fully saturated rings. The van der Waals surface area contributed by atoms with E-state index in [0.717, 1.165) is 24.3 Å². The number of hydrogen-bond donors (Lipinski definition) is 2. The number of hydrogen-bond acceptors (Lipinski definition) is 6. The van der Waals surface area contributed by atoms with Gasteiger partial charge in [-0.05, 0) is 43.9 Å². The van der Waals surface area contributed by atoms with Crippen LogP contribution in [0.1, 0.15) is 47.1 Å². The normalized spacial score (nSPS) is 15.3. The molecule has 2 heterocycles. The van der Waals surface area contributed by atoms with Crippen molar-refractivity contribution in [2.75, 3.05) is 18.4 Å². The zero-order valence-electron chi connectivity index (χ0n) is 16.2. The summed E-state index contributed by atoms with van der Waals surface area (Å²) in [6, 6.07) is 3.96. The number of rotatable bonds is 6. The van der Waals surface area contributed by atoms with Crippen LogP contribution in [0.25, 0.3) is 0 Å². The van der Waals surface area contributed by atoms with Gasteiger partial charge in [-0.2, -0.15) is 4.31 Å². The number of thiazole rings is 1. The highest BCUT2D eigenvalue weighted by Gasteiger charge is 2.28. The van der Waals surface area contributed by atoms with Gasteiger partial charge in [-0.25, -0.2) is 13.4 Å². The summed E-state index contributed by atoms with van der Waals surface area (Å²) in [7, 11) is -3.63. The molecule has 2 aromatic rings. The summed E-state index contributed by atoms with van der Waals surface area (Å²) in [6.45, 7) is 6.91. The van der Waals surface area contributed by atoms with Gasteiger partial charge in [0.15, 0.2) is 0 Å². The SMILES string of the molecule is Cc1nc(CC(C)C)sc1C(=O)Nc1cc(S(=O)(=O)N2CCCC2)ccc1O. The molecule has 1 saturated heterocycles. The predicted octanol–water partition coefficient (Wildman–Crippen LogP) is 3.39. The number of aromatic hydroxyl groups is 1. The van der Waals surface area contributed by atoms with E-state index >= 15 is 0 Å². The van der Waals surface area contributed by atoms with Gasteiger partial charge in [-0.15, -0.1) is 11.3 Å². The first-order valence-corrected chi connectivity index (χ1v) is 11.5. The molecule has 0 atom stereocenters. The Labute approximate surface area is 169 Å². The van der Waals surface area contributed by atoms with Crippen LogP contribution >= 0.6 is 11.3 Å². The van der Waals surface area contributed by atoms with Crippen molar-refractivity contribution < 1.29 is 18.3 Å². The number of benzene rings is 1. The molecule has 0 saturated carbocycles. The van der Waals surface area contributed by atoms with E-state index in [0.29, 0.717) is 29.6 Å². The Morgan fingerprint density at radius 2 is 2.00 bits per heavy atom. The second-order valence-corrected chi connectivity index (χ2v) is 10.4. The van der Waals surface area contributed by atoms with Crippen LogP contribution < -0.4 is 5.32 Å². The van der Waals surface area contributed by atoms with Crippen molar-refractivity contribution in [2.45, 2.75) is 44.9 Å². The highest BCUT2D eigenvalue weighted by Crippen LogP contribution is 2.30. The van der Waals surface area contributed by atoms with Crippen molar-refractivity contribution in [2.24, 2.45) is 5.92 Å². The van der Waals surface area contributed by atoms with E-state index in [9.17, 15) is 18.3 Å². The molecule has 0 unspecified atom stereocenters. The number of carbonyl (C=O) groups excluding carboxylic acids is 1. The maximum Gasteiger partial charge on any atom is 0.267 e. The van der Waals surface area contributed by atoms with E-state index in [1.807, 2.05) is 0 Å². The highest BCUT2D eigenvalue weighted by molar-refractivity contribution is 7.89. The summed E-state index contributed by atoms with van der Waals surface area (Å²) in [5.74, 6) is -0.160. The average molecular weight is 424 g/mol. The van der Waals surface area contributed by atoms with E-state index in [1.54, 1.807) is 6.92 Å². The molecule has 0 bridgehead atoms. The molecule has 2 N–H and O–H groups in total. The standard InChI is InChI=1S/C19H25N3O4S2/c1-12(2)10-17-20-13(3)18(27-17)19(24)21-15-11-14(6-7-16(15)23)28(25,26)22-8-4-5-9-22/h6-7,11-12,23H,4-5,8-10H2,1-3H3,(H,21,24). The number of phenols is 1. The van der Waals surface area contributed by atoms with Crippen LogP contribution in [-0.2, 0) is 16.4 Å². The summed E-state index contributed by atoms with van der Waals surface area (Å²) in [5.41, 5.74) is 0.696. The molecule has 28 heavy (non-hydrogen) atoms. The van der Waals surface area contributed by atoms with Gasteiger partial charge in [0.05, 0.1) is 21.3 Å². The van der Waals surface area contributed by atoms with Crippen LogP contribution in [0, 0.1) is 12.8 Å². The van der Waals surface area contributed by atoms with Crippen molar-refractivity contribution >= 4 is 33.0 Å². The number of phenolic OH excluding ortho intramolecular Hbond substituents is 1. The molecule has 1 aliphatic heterocycles. The van der Waals surface area contributed by atoms with Crippen molar-refractivity contribution in [3.63, 3.8) is 0 Å². The Balaban J connectivity index is 1.84. The maximum absolute atomic E-state index is 12.7. The molecule has 1 aromatic heterocycles. The van der Waals surface area contributed by atoms with Crippen LogP contribution in [-0.4, -0.2) is 41.8 Å². The Hall–Kier alpha value is -1.97. The van der Waals surface area contributed by atoms with Crippen molar-refractivity contribution in [3.8, 4) is 5.75 Å². The lowest BCUT2D eigenvalue weighted by Crippen LogP contribution is -2.28. The minimum atomic E-state index is -3.63. The smallest absolute Gasteiger partial charge is 0.267 e. The zero-order valence-corrected chi connectivity index (χ0v) is 17.9. The molecule has 0 radical (unpaired) electrons. The van der Waals surface area contributed by atoms with Gasteiger partial charge >= 0.3 is 0 Å². The maximum atomic E-state index is 12.7. The Kier molecular flexibility index (Phi) is 6.07. The number of aryl methyl sites for hydroxylation is 1. The number of carbonyl (C=O) groups is 1. The lowest BCUT2D eigenvalue weighted by molar-refractivity contribution is 0.102. The van der Waals surface area contributed by atoms with Crippen molar-refractivity contribution in [1.82, 2.24) is 9.29 Å². The molecular weight excluding hydrogens is 398 g/mol. The van der Waals surface area contributed by atoms with Crippen LogP contribution in [0.4, 0.5) is 5.69 Å². The molecule has 1 amide bonds.